The number of hydrogen-bond acceptors (Lipinski definition) is 5. The van der Waals surface area contributed by atoms with Crippen LogP contribution in [0.25, 0.3) is 0 Å². The Hall–Kier alpha value is -1.92. The lowest BCUT2D eigenvalue weighted by molar-refractivity contribution is -0.124. The molecule has 0 aromatic carbocycles. The first-order chi connectivity index (χ1) is 10.2. The smallest absolute Gasteiger partial charge is 0.407 e. The summed E-state index contributed by atoms with van der Waals surface area (Å²) >= 11 is 0. The molecule has 1 aliphatic carbocycles. The highest BCUT2D eigenvalue weighted by Crippen LogP contribution is 2.37. The van der Waals surface area contributed by atoms with Crippen LogP contribution in [-0.2, 0) is 16.0 Å². The molecule has 0 bridgehead atoms. The van der Waals surface area contributed by atoms with E-state index >= 15 is 0 Å². The van der Waals surface area contributed by atoms with E-state index in [0.29, 0.717) is 13.0 Å². The lowest BCUT2D eigenvalue weighted by Crippen LogP contribution is -2.33. The molecule has 1 fully saturated rings. The Bertz CT molecular complexity index is 541. The first-order valence-electron chi connectivity index (χ1n) is 7.62. The zero-order chi connectivity index (χ0) is 16.3. The van der Waals surface area contributed by atoms with Gasteiger partial charge < -0.3 is 10.1 Å². The Labute approximate surface area is 130 Å². The average molecular weight is 308 g/mol. The molecule has 0 radical (unpaired) electrons. The van der Waals surface area contributed by atoms with Crippen LogP contribution in [0.5, 0.6) is 0 Å². The minimum Gasteiger partial charge on any atom is -0.444 e. The van der Waals surface area contributed by atoms with Gasteiger partial charge in [-0.3, -0.25) is 4.79 Å². The first-order valence-corrected chi connectivity index (χ1v) is 7.62. The molecule has 1 aromatic heterocycles. The molecule has 0 saturated heterocycles. The van der Waals surface area contributed by atoms with Crippen LogP contribution in [0.1, 0.15) is 52.3 Å². The fourth-order valence-corrected chi connectivity index (χ4v) is 2.35. The minimum atomic E-state index is -0.495. The number of carbonyl (C=O) groups excluding carboxylic acids is 2. The van der Waals surface area contributed by atoms with E-state index < -0.39 is 11.7 Å². The summed E-state index contributed by atoms with van der Waals surface area (Å²) in [5.74, 6) is 0.421. The van der Waals surface area contributed by atoms with Gasteiger partial charge >= 0.3 is 6.09 Å². The molecule has 122 valence electrons. The lowest BCUT2D eigenvalue weighted by Gasteiger charge is -2.33. The topological polar surface area (TPSA) is 86.1 Å². The van der Waals surface area contributed by atoms with Crippen LogP contribution in [-0.4, -0.2) is 39.0 Å². The minimum absolute atomic E-state index is 0.173. The Morgan fingerprint density at radius 2 is 2.09 bits per heavy atom. The predicted octanol–water partition coefficient (Wildman–Crippen LogP) is 1.89. The quantitative estimate of drug-likeness (QED) is 0.897. The summed E-state index contributed by atoms with van der Waals surface area (Å²) in [5.41, 5.74) is 0.326. The van der Waals surface area contributed by atoms with Gasteiger partial charge in [0.1, 0.15) is 11.4 Å². The Morgan fingerprint density at radius 3 is 2.68 bits per heavy atom. The lowest BCUT2D eigenvalue weighted by atomic mass is 9.78. The van der Waals surface area contributed by atoms with Crippen molar-refractivity contribution in [3.05, 3.63) is 11.9 Å². The van der Waals surface area contributed by atoms with Gasteiger partial charge in [0.05, 0.1) is 11.7 Å². The molecule has 2 rings (SSSR count). The third-order valence-electron chi connectivity index (χ3n) is 3.67. The molecule has 22 heavy (non-hydrogen) atoms. The maximum Gasteiger partial charge on any atom is 0.407 e. The van der Waals surface area contributed by atoms with Gasteiger partial charge in [-0.1, -0.05) is 5.21 Å². The summed E-state index contributed by atoms with van der Waals surface area (Å²) in [7, 11) is 0. The molecule has 7 heteroatoms. The van der Waals surface area contributed by atoms with Gasteiger partial charge in [0, 0.05) is 25.1 Å². The summed E-state index contributed by atoms with van der Waals surface area (Å²) < 4.78 is 6.98. The van der Waals surface area contributed by atoms with Crippen molar-refractivity contribution in [3.8, 4) is 0 Å². The molecule has 0 atom stereocenters. The number of hydrogen-bond donors (Lipinski definition) is 1. The van der Waals surface area contributed by atoms with E-state index in [-0.39, 0.29) is 17.7 Å². The molecular weight excluding hydrogens is 284 g/mol. The van der Waals surface area contributed by atoms with Gasteiger partial charge in [-0.15, -0.1) is 5.10 Å². The van der Waals surface area contributed by atoms with Crippen molar-refractivity contribution in [2.75, 3.05) is 6.54 Å². The van der Waals surface area contributed by atoms with E-state index in [9.17, 15) is 9.59 Å². The van der Waals surface area contributed by atoms with Gasteiger partial charge in [0.15, 0.2) is 0 Å². The van der Waals surface area contributed by atoms with Crippen LogP contribution < -0.4 is 5.32 Å². The second-order valence-corrected chi connectivity index (χ2v) is 6.80. The number of ether oxygens (including phenoxy) is 1. The second kappa shape index (κ2) is 6.46. The fraction of sp³-hybridized carbons (Fsp3) is 0.733. The van der Waals surface area contributed by atoms with Crippen molar-refractivity contribution in [1.29, 1.82) is 0 Å². The maximum atomic E-state index is 11.5. The normalized spacial score (nSPS) is 21.1. The Kier molecular flexibility index (Phi) is 4.83. The highest BCUT2D eigenvalue weighted by molar-refractivity contribution is 5.79. The van der Waals surface area contributed by atoms with Crippen molar-refractivity contribution in [2.45, 2.75) is 58.6 Å². The van der Waals surface area contributed by atoms with Crippen LogP contribution in [0.4, 0.5) is 4.79 Å². The zero-order valence-electron chi connectivity index (χ0n) is 13.6. The summed E-state index contributed by atoms with van der Waals surface area (Å²) in [6, 6.07) is 0.272. The molecule has 1 heterocycles. The Balaban J connectivity index is 1.72. The van der Waals surface area contributed by atoms with Crippen molar-refractivity contribution in [1.82, 2.24) is 20.3 Å². The molecule has 0 unspecified atom stereocenters. The van der Waals surface area contributed by atoms with E-state index in [4.69, 9.17) is 4.74 Å². The molecular formula is C15H24N4O3. The van der Waals surface area contributed by atoms with E-state index in [2.05, 4.69) is 15.6 Å². The summed E-state index contributed by atoms with van der Waals surface area (Å²) in [5, 5.41) is 10.9. The number of rotatable bonds is 5. The number of Topliss-reactive ketones (excluding diaryl/α,β-unsaturated/α-hetero) is 1. The van der Waals surface area contributed by atoms with Gasteiger partial charge in [-0.05, 0) is 40.5 Å². The number of nitrogens with zero attached hydrogens (tertiary/aromatic N) is 3. The van der Waals surface area contributed by atoms with Crippen LogP contribution in [0.2, 0.25) is 0 Å². The number of nitrogens with one attached hydrogen (secondary N) is 1. The number of carbonyl (C=O) groups is 2. The molecule has 7 nitrogen and oxygen atoms in total. The largest absolute Gasteiger partial charge is 0.444 e. The highest BCUT2D eigenvalue weighted by Gasteiger charge is 2.34. The standard InChI is InChI=1S/C15H24N4O3/c1-10(20)11-7-13(8-11)19-9-12(17-18-19)5-6-16-14(21)22-15(2,3)4/h9,11,13H,5-8H2,1-4H3,(H,16,21). The predicted molar refractivity (Wildman–Crippen MR) is 80.4 cm³/mol. The van der Waals surface area contributed by atoms with E-state index in [1.54, 1.807) is 6.92 Å². The summed E-state index contributed by atoms with van der Waals surface area (Å²) in [6.45, 7) is 7.56. The fourth-order valence-electron chi connectivity index (χ4n) is 2.35. The molecule has 0 aliphatic heterocycles. The number of ketones is 1. The highest BCUT2D eigenvalue weighted by atomic mass is 16.6. The van der Waals surface area contributed by atoms with Crippen molar-refractivity contribution in [2.24, 2.45) is 5.92 Å². The molecule has 1 aliphatic rings. The van der Waals surface area contributed by atoms with Crippen LogP contribution >= 0.6 is 0 Å². The van der Waals surface area contributed by atoms with E-state index in [0.717, 1.165) is 18.5 Å². The molecule has 1 aromatic rings. The monoisotopic (exact) mass is 308 g/mol. The number of alkyl carbamates (subject to hydrolysis) is 1. The maximum absolute atomic E-state index is 11.5. The third kappa shape index (κ3) is 4.54. The Morgan fingerprint density at radius 1 is 1.41 bits per heavy atom. The summed E-state index contributed by atoms with van der Waals surface area (Å²) in [4.78, 5) is 22.7. The molecule has 1 saturated carbocycles. The number of amides is 1. The molecule has 1 amide bonds. The van der Waals surface area contributed by atoms with Gasteiger partial charge in [-0.2, -0.15) is 0 Å². The van der Waals surface area contributed by atoms with Crippen LogP contribution in [0.15, 0.2) is 6.20 Å². The van der Waals surface area contributed by atoms with Gasteiger partial charge in [0.2, 0.25) is 0 Å². The SMILES string of the molecule is CC(=O)C1CC(n2cc(CCNC(=O)OC(C)(C)C)nn2)C1. The van der Waals surface area contributed by atoms with Crippen molar-refractivity contribution in [3.63, 3.8) is 0 Å². The van der Waals surface area contributed by atoms with Gasteiger partial charge in [-0.25, -0.2) is 9.48 Å². The van der Waals surface area contributed by atoms with Gasteiger partial charge in [0.25, 0.3) is 0 Å². The van der Waals surface area contributed by atoms with Crippen molar-refractivity contribution >= 4 is 11.9 Å². The molecule has 0 spiro atoms. The first kappa shape index (κ1) is 16.5. The van der Waals surface area contributed by atoms with Crippen molar-refractivity contribution < 1.29 is 14.3 Å². The summed E-state index contributed by atoms with van der Waals surface area (Å²) in [6.07, 6.45) is 3.74. The third-order valence-corrected chi connectivity index (χ3v) is 3.67. The van der Waals surface area contributed by atoms with E-state index in [1.807, 2.05) is 31.6 Å². The second-order valence-electron chi connectivity index (χ2n) is 6.80. The van der Waals surface area contributed by atoms with E-state index in [1.165, 1.54) is 0 Å². The zero-order valence-corrected chi connectivity index (χ0v) is 13.6. The van der Waals surface area contributed by atoms with Crippen LogP contribution in [0, 0.1) is 5.92 Å². The molecule has 1 N–H and O–H groups in total. The van der Waals surface area contributed by atoms with Crippen LogP contribution in [0.3, 0.4) is 0 Å². The average Bonchev–Trinajstić information content (AvgIpc) is 2.72. The number of aromatic nitrogens is 3.